The molecule has 31 heavy (non-hydrogen) atoms. The highest BCUT2D eigenvalue weighted by Crippen LogP contribution is 2.43. The van der Waals surface area contributed by atoms with E-state index in [-0.39, 0.29) is 9.52 Å². The number of halogens is 4. The van der Waals surface area contributed by atoms with Crippen molar-refractivity contribution in [1.82, 2.24) is 0 Å². The predicted octanol–water partition coefficient (Wildman–Crippen LogP) is 7.83. The van der Waals surface area contributed by atoms with Gasteiger partial charge in [-0.15, -0.1) is 13.2 Å². The fourth-order valence-corrected chi connectivity index (χ4v) is 8.27. The molecule has 0 aromatic heterocycles. The maximum atomic E-state index is 13.9. The summed E-state index contributed by atoms with van der Waals surface area (Å²) in [5.74, 6) is 0.799. The standard InChI is InChI=1S/C25H38F4OSi/c1-2-3-16-31-22-13-11-21(12-14-22)20-9-6-18(7-10-20)4-5-19-8-15-24(23(26)17-19)30-25(27,28)29/h8,15,17-18,20-22H,2-7,9-14,16,31H2,1H3. The van der Waals surface area contributed by atoms with Crippen LogP contribution in [0.1, 0.15) is 83.1 Å². The van der Waals surface area contributed by atoms with E-state index in [0.717, 1.165) is 35.4 Å². The zero-order chi connectivity index (χ0) is 22.3. The van der Waals surface area contributed by atoms with E-state index in [1.165, 1.54) is 70.3 Å². The molecule has 0 amide bonds. The van der Waals surface area contributed by atoms with Crippen molar-refractivity contribution in [3.8, 4) is 5.75 Å². The first kappa shape index (κ1) is 24.6. The fraction of sp³-hybridized carbons (Fsp3) is 0.760. The molecular weight excluding hydrogens is 420 g/mol. The Balaban J connectivity index is 1.36. The SMILES string of the molecule is CCCC[SiH2]C1CCC(C2CCC(CCc3ccc(OC(F)(F)F)c(F)c3)CC2)CC1. The highest BCUT2D eigenvalue weighted by Gasteiger charge is 2.33. The van der Waals surface area contributed by atoms with E-state index in [1.54, 1.807) is 12.1 Å². The summed E-state index contributed by atoms with van der Waals surface area (Å²) in [6.45, 7) is 2.29. The maximum Gasteiger partial charge on any atom is 0.573 e. The van der Waals surface area contributed by atoms with Gasteiger partial charge in [-0.25, -0.2) is 4.39 Å². The van der Waals surface area contributed by atoms with Crippen LogP contribution in [0.5, 0.6) is 5.75 Å². The average Bonchev–Trinajstić information content (AvgIpc) is 2.74. The predicted molar refractivity (Wildman–Crippen MR) is 121 cm³/mol. The minimum Gasteiger partial charge on any atom is -0.403 e. The van der Waals surface area contributed by atoms with E-state index in [9.17, 15) is 17.6 Å². The molecule has 6 heteroatoms. The van der Waals surface area contributed by atoms with Crippen molar-refractivity contribution >= 4 is 9.52 Å². The fourth-order valence-electron chi connectivity index (χ4n) is 5.86. The Morgan fingerprint density at radius 1 is 0.968 bits per heavy atom. The number of rotatable bonds is 9. The monoisotopic (exact) mass is 458 g/mol. The molecule has 1 aromatic carbocycles. The zero-order valence-corrected chi connectivity index (χ0v) is 20.3. The van der Waals surface area contributed by atoms with Crippen LogP contribution >= 0.6 is 0 Å². The molecule has 0 heterocycles. The summed E-state index contributed by atoms with van der Waals surface area (Å²) < 4.78 is 54.4. The molecule has 0 unspecified atom stereocenters. The van der Waals surface area contributed by atoms with E-state index in [1.807, 2.05) is 0 Å². The number of unbranched alkanes of at least 4 members (excludes halogenated alkanes) is 1. The molecule has 1 nitrogen and oxygen atoms in total. The van der Waals surface area contributed by atoms with Gasteiger partial charge in [-0.3, -0.25) is 0 Å². The molecule has 2 saturated carbocycles. The number of ether oxygens (including phenoxy) is 1. The Labute approximate surface area is 187 Å². The number of benzene rings is 1. The Morgan fingerprint density at radius 3 is 2.19 bits per heavy atom. The molecule has 0 radical (unpaired) electrons. The van der Waals surface area contributed by atoms with E-state index in [4.69, 9.17) is 0 Å². The van der Waals surface area contributed by atoms with Gasteiger partial charge >= 0.3 is 6.36 Å². The van der Waals surface area contributed by atoms with Crippen molar-refractivity contribution in [2.45, 2.75) is 102 Å². The average molecular weight is 459 g/mol. The molecular formula is C25H38F4OSi. The topological polar surface area (TPSA) is 9.23 Å². The molecule has 0 N–H and O–H groups in total. The van der Waals surface area contributed by atoms with Gasteiger partial charge in [0, 0.05) is 9.52 Å². The van der Waals surface area contributed by atoms with Crippen LogP contribution in [0.15, 0.2) is 18.2 Å². The lowest BCUT2D eigenvalue weighted by molar-refractivity contribution is -0.275. The number of alkyl halides is 3. The maximum absolute atomic E-state index is 13.9. The van der Waals surface area contributed by atoms with Gasteiger partial charge in [0.15, 0.2) is 11.6 Å². The van der Waals surface area contributed by atoms with Gasteiger partial charge in [-0.1, -0.05) is 75.9 Å². The summed E-state index contributed by atoms with van der Waals surface area (Å²) in [5, 5.41) is 0. The highest BCUT2D eigenvalue weighted by atomic mass is 28.2. The van der Waals surface area contributed by atoms with Gasteiger partial charge in [0.25, 0.3) is 0 Å². The van der Waals surface area contributed by atoms with Crippen molar-refractivity contribution in [3.05, 3.63) is 29.6 Å². The molecule has 3 rings (SSSR count). The molecule has 0 spiro atoms. The first-order valence-electron chi connectivity index (χ1n) is 12.4. The van der Waals surface area contributed by atoms with E-state index in [0.29, 0.717) is 12.3 Å². The third-order valence-corrected chi connectivity index (χ3v) is 10.3. The minimum atomic E-state index is -4.86. The molecule has 1 aromatic rings. The summed E-state index contributed by atoms with van der Waals surface area (Å²) in [4.78, 5) is 0. The molecule has 0 atom stereocenters. The minimum absolute atomic E-state index is 0.158. The van der Waals surface area contributed by atoms with Gasteiger partial charge in [0.2, 0.25) is 0 Å². The summed E-state index contributed by atoms with van der Waals surface area (Å²) in [7, 11) is 0.158. The van der Waals surface area contributed by atoms with Crippen LogP contribution in [0.4, 0.5) is 17.6 Å². The van der Waals surface area contributed by atoms with Gasteiger partial charge in [-0.05, 0) is 61.1 Å². The second-order valence-corrected chi connectivity index (χ2v) is 12.3. The molecule has 176 valence electrons. The number of aryl methyl sites for hydroxylation is 1. The quantitative estimate of drug-likeness (QED) is 0.208. The Morgan fingerprint density at radius 2 is 1.61 bits per heavy atom. The second kappa shape index (κ2) is 11.7. The Kier molecular flexibility index (Phi) is 9.29. The third kappa shape index (κ3) is 8.10. The molecule has 2 aliphatic rings. The van der Waals surface area contributed by atoms with E-state index < -0.39 is 17.9 Å². The zero-order valence-electron chi connectivity index (χ0n) is 18.9. The normalized spacial score (nSPS) is 27.6. The lowest BCUT2D eigenvalue weighted by atomic mass is 9.70. The van der Waals surface area contributed by atoms with Crippen molar-refractivity contribution in [1.29, 1.82) is 0 Å². The smallest absolute Gasteiger partial charge is 0.403 e. The summed E-state index contributed by atoms with van der Waals surface area (Å²) in [6, 6.07) is 5.38. The van der Waals surface area contributed by atoms with Crippen molar-refractivity contribution in [2.75, 3.05) is 0 Å². The number of hydrogen-bond acceptors (Lipinski definition) is 1. The van der Waals surface area contributed by atoms with Gasteiger partial charge in [0.1, 0.15) is 0 Å². The van der Waals surface area contributed by atoms with Crippen LogP contribution in [-0.4, -0.2) is 15.9 Å². The van der Waals surface area contributed by atoms with Crippen molar-refractivity contribution in [2.24, 2.45) is 17.8 Å². The number of hydrogen-bond donors (Lipinski definition) is 0. The van der Waals surface area contributed by atoms with Crippen LogP contribution < -0.4 is 4.74 Å². The van der Waals surface area contributed by atoms with Gasteiger partial charge in [0.05, 0.1) is 0 Å². The van der Waals surface area contributed by atoms with Crippen LogP contribution in [0.3, 0.4) is 0 Å². The first-order chi connectivity index (χ1) is 14.8. The Bertz CT molecular complexity index is 662. The van der Waals surface area contributed by atoms with Crippen LogP contribution in [0, 0.1) is 23.6 Å². The molecule has 2 aliphatic carbocycles. The highest BCUT2D eigenvalue weighted by molar-refractivity contribution is 6.37. The van der Waals surface area contributed by atoms with Gasteiger partial charge in [-0.2, -0.15) is 0 Å². The Hall–Kier alpha value is -1.04. The molecule has 0 bridgehead atoms. The first-order valence-corrected chi connectivity index (χ1v) is 14.2. The van der Waals surface area contributed by atoms with Crippen LogP contribution in [-0.2, 0) is 6.42 Å². The molecule has 0 saturated heterocycles. The third-order valence-electron chi connectivity index (χ3n) is 7.73. The summed E-state index contributed by atoms with van der Waals surface area (Å²) in [5.41, 5.74) is 1.85. The molecule has 2 fully saturated rings. The second-order valence-electron chi connectivity index (χ2n) is 9.91. The summed E-state index contributed by atoms with van der Waals surface area (Å²) in [6.07, 6.45) is 10.6. The molecule has 0 aliphatic heterocycles. The lowest BCUT2D eigenvalue weighted by Crippen LogP contribution is -2.26. The van der Waals surface area contributed by atoms with Gasteiger partial charge < -0.3 is 4.74 Å². The largest absolute Gasteiger partial charge is 0.573 e. The lowest BCUT2D eigenvalue weighted by Gasteiger charge is -2.38. The summed E-state index contributed by atoms with van der Waals surface area (Å²) >= 11 is 0. The van der Waals surface area contributed by atoms with Crippen molar-refractivity contribution < 1.29 is 22.3 Å². The van der Waals surface area contributed by atoms with Crippen LogP contribution in [0.25, 0.3) is 0 Å². The van der Waals surface area contributed by atoms with E-state index in [2.05, 4.69) is 11.7 Å². The van der Waals surface area contributed by atoms with Crippen molar-refractivity contribution in [3.63, 3.8) is 0 Å². The van der Waals surface area contributed by atoms with E-state index >= 15 is 0 Å². The van der Waals surface area contributed by atoms with Crippen LogP contribution in [0.2, 0.25) is 11.6 Å².